The molecule has 0 saturated heterocycles. The van der Waals surface area contributed by atoms with Crippen LogP contribution >= 0.6 is 0 Å². The summed E-state index contributed by atoms with van der Waals surface area (Å²) in [6.45, 7) is 5.66. The van der Waals surface area contributed by atoms with Gasteiger partial charge in [0.1, 0.15) is 12.6 Å². The van der Waals surface area contributed by atoms with Gasteiger partial charge in [-0.2, -0.15) is 0 Å². The van der Waals surface area contributed by atoms with Gasteiger partial charge < -0.3 is 19.8 Å². The number of aliphatic hydroxyl groups excluding tert-OH is 2. The van der Waals surface area contributed by atoms with Gasteiger partial charge in [0.05, 0.1) is 0 Å². The molecule has 4 heteroatoms. The van der Waals surface area contributed by atoms with Crippen molar-refractivity contribution in [1.82, 2.24) is 0 Å². The summed E-state index contributed by atoms with van der Waals surface area (Å²) < 4.78 is 0. The summed E-state index contributed by atoms with van der Waals surface area (Å²) in [5, 5.41) is 17.6. The molecule has 0 radical (unpaired) electrons. The monoisotopic (exact) mass is 821 g/mol. The number of hydrogen-bond donors (Lipinski definition) is 2. The molecule has 2 fully saturated rings. The normalized spacial score (nSPS) is 17.9. The Hall–Kier alpha value is -0.740. The van der Waals surface area contributed by atoms with E-state index in [0.717, 1.165) is 62.9 Å². The van der Waals surface area contributed by atoms with Gasteiger partial charge in [0.2, 0.25) is 0 Å². The smallest absolute Gasteiger partial charge is 0.119 e. The molecule has 0 heterocycles. The number of hydrogen-bond acceptors (Lipinski definition) is 4. The zero-order valence-electron chi connectivity index (χ0n) is 38.1. The number of carbonyl (C=O) groups is 2. The van der Waals surface area contributed by atoms with Crippen LogP contribution in [0.2, 0.25) is 0 Å². The molecule has 2 saturated carbocycles. The summed E-state index contributed by atoms with van der Waals surface area (Å²) in [4.78, 5) is 20.6. The van der Waals surface area contributed by atoms with E-state index in [9.17, 15) is 9.59 Å². The molecule has 2 unspecified atom stereocenters. The highest BCUT2D eigenvalue weighted by Gasteiger charge is 2.37. The van der Waals surface area contributed by atoms with Crippen molar-refractivity contribution in [2.75, 3.05) is 13.2 Å². The minimum absolute atomic E-state index is 0. The second-order valence-corrected chi connectivity index (χ2v) is 19.7. The van der Waals surface area contributed by atoms with Crippen molar-refractivity contribution in [3.63, 3.8) is 0 Å². The maximum absolute atomic E-state index is 10.3. The fourth-order valence-corrected chi connectivity index (χ4v) is 10.7. The predicted molar refractivity (Wildman–Crippen MR) is 257 cm³/mol. The van der Waals surface area contributed by atoms with Crippen molar-refractivity contribution in [3.8, 4) is 0 Å². The highest BCUT2D eigenvalue weighted by molar-refractivity contribution is 5.49. The van der Waals surface area contributed by atoms with Crippen molar-refractivity contribution in [2.24, 2.45) is 22.7 Å². The Morgan fingerprint density at radius 2 is 0.603 bits per heavy atom. The number of unbranched alkanes of at least 4 members (excludes halogenated alkanes) is 28. The van der Waals surface area contributed by atoms with E-state index in [2.05, 4.69) is 13.8 Å². The summed E-state index contributed by atoms with van der Waals surface area (Å²) >= 11 is 0. The van der Waals surface area contributed by atoms with Gasteiger partial charge in [0.25, 0.3) is 0 Å². The maximum Gasteiger partial charge on any atom is 0.119 e. The molecule has 0 aromatic rings. The SMILES string of the molecule is C.C.CC1CCC(CCCCCCCCCC=O)(CCCCCCCCCC=O)C1.CC1CCC(CCCCCCCCCCO)(CCCCCCCCCCO)C1. The average molecular weight is 821 g/mol. The first-order valence-corrected chi connectivity index (χ1v) is 25.5. The molecule has 2 aliphatic rings. The number of aldehydes is 2. The molecule has 0 aromatic heterocycles. The lowest BCUT2D eigenvalue weighted by Crippen LogP contribution is -2.17. The third-order valence-corrected chi connectivity index (χ3v) is 14.2. The van der Waals surface area contributed by atoms with Gasteiger partial charge in [-0.15, -0.1) is 0 Å². The van der Waals surface area contributed by atoms with Crippen LogP contribution < -0.4 is 0 Å². The molecule has 0 bridgehead atoms. The minimum atomic E-state index is 0. The van der Waals surface area contributed by atoms with Gasteiger partial charge in [0.15, 0.2) is 0 Å². The standard InChI is InChI=1S/C26H52O2.C26H48O2.2CH4/c2*1-25-18-21-26(24-25,19-14-10-6-2-4-8-12-16-22-27)20-15-11-7-3-5-9-13-17-23-28;;/h25,27-28H,2-24H2,1H3;22-23,25H,2-21,24H2,1H3;2*1H4. The molecule has 2 aliphatic carbocycles. The Kier molecular flexibility index (Phi) is 43.9. The fourth-order valence-electron chi connectivity index (χ4n) is 10.7. The van der Waals surface area contributed by atoms with Crippen molar-refractivity contribution in [2.45, 2.75) is 298 Å². The largest absolute Gasteiger partial charge is 0.396 e. The summed E-state index contributed by atoms with van der Waals surface area (Å²) in [7, 11) is 0. The molecule has 0 amide bonds. The van der Waals surface area contributed by atoms with Gasteiger partial charge in [-0.05, 0) is 99.7 Å². The predicted octanol–water partition coefficient (Wildman–Crippen LogP) is 17.3. The van der Waals surface area contributed by atoms with Crippen LogP contribution in [0.4, 0.5) is 0 Å². The van der Waals surface area contributed by atoms with Crippen LogP contribution in [0.15, 0.2) is 0 Å². The first kappa shape index (κ1) is 59.4. The molecular weight excluding hydrogens is 713 g/mol. The summed E-state index contributed by atoms with van der Waals surface area (Å²) in [5.74, 6) is 1.90. The third-order valence-electron chi connectivity index (χ3n) is 14.2. The molecule has 2 atom stereocenters. The van der Waals surface area contributed by atoms with E-state index in [1.54, 1.807) is 0 Å². The molecule has 348 valence electrons. The van der Waals surface area contributed by atoms with E-state index in [1.165, 1.54) is 231 Å². The number of aliphatic hydroxyl groups is 2. The number of carbonyl (C=O) groups excluding carboxylic acids is 2. The molecule has 4 nitrogen and oxygen atoms in total. The first-order valence-electron chi connectivity index (χ1n) is 25.5. The van der Waals surface area contributed by atoms with Gasteiger partial charge in [-0.1, -0.05) is 208 Å². The van der Waals surface area contributed by atoms with Crippen LogP contribution in [0.5, 0.6) is 0 Å². The van der Waals surface area contributed by atoms with Crippen LogP contribution in [0, 0.1) is 22.7 Å². The van der Waals surface area contributed by atoms with Crippen molar-refractivity contribution < 1.29 is 19.8 Å². The van der Waals surface area contributed by atoms with E-state index < -0.39 is 0 Å². The lowest BCUT2D eigenvalue weighted by atomic mass is 9.76. The third kappa shape index (κ3) is 33.9. The molecular formula is C54H108O4. The van der Waals surface area contributed by atoms with Gasteiger partial charge >= 0.3 is 0 Å². The van der Waals surface area contributed by atoms with E-state index in [1.807, 2.05) is 0 Å². The zero-order chi connectivity index (χ0) is 40.7. The highest BCUT2D eigenvalue weighted by Crippen LogP contribution is 2.50. The average Bonchev–Trinajstić information content (AvgIpc) is 3.76. The van der Waals surface area contributed by atoms with E-state index in [4.69, 9.17) is 10.2 Å². The Morgan fingerprint density at radius 1 is 0.379 bits per heavy atom. The quantitative estimate of drug-likeness (QED) is 0.0477. The van der Waals surface area contributed by atoms with E-state index in [-0.39, 0.29) is 14.9 Å². The topological polar surface area (TPSA) is 74.6 Å². The lowest BCUT2D eigenvalue weighted by Gasteiger charge is -2.30. The molecule has 0 aliphatic heterocycles. The van der Waals surface area contributed by atoms with Crippen molar-refractivity contribution >= 4 is 12.6 Å². The lowest BCUT2D eigenvalue weighted by molar-refractivity contribution is -0.108. The Bertz CT molecular complexity index is 793. The van der Waals surface area contributed by atoms with Gasteiger partial charge in [0, 0.05) is 26.1 Å². The maximum atomic E-state index is 10.3. The summed E-state index contributed by atoms with van der Waals surface area (Å²) in [6.07, 6.45) is 57.9. The molecule has 2 rings (SSSR count). The van der Waals surface area contributed by atoms with Crippen molar-refractivity contribution in [1.29, 1.82) is 0 Å². The Balaban J connectivity index is 0. The van der Waals surface area contributed by atoms with Crippen molar-refractivity contribution in [3.05, 3.63) is 0 Å². The van der Waals surface area contributed by atoms with E-state index >= 15 is 0 Å². The zero-order valence-corrected chi connectivity index (χ0v) is 38.1. The van der Waals surface area contributed by atoms with Crippen LogP contribution in [-0.4, -0.2) is 36.0 Å². The van der Waals surface area contributed by atoms with Crippen LogP contribution in [0.3, 0.4) is 0 Å². The van der Waals surface area contributed by atoms with Crippen LogP contribution in [-0.2, 0) is 9.59 Å². The molecule has 0 aromatic carbocycles. The van der Waals surface area contributed by atoms with Gasteiger partial charge in [-0.25, -0.2) is 0 Å². The van der Waals surface area contributed by atoms with Crippen LogP contribution in [0.25, 0.3) is 0 Å². The number of rotatable bonds is 40. The Morgan fingerprint density at radius 3 is 0.810 bits per heavy atom. The fraction of sp³-hybridized carbons (Fsp3) is 0.963. The summed E-state index contributed by atoms with van der Waals surface area (Å²) in [5.41, 5.74) is 1.37. The molecule has 58 heavy (non-hydrogen) atoms. The summed E-state index contributed by atoms with van der Waals surface area (Å²) in [6, 6.07) is 0. The minimum Gasteiger partial charge on any atom is -0.396 e. The van der Waals surface area contributed by atoms with E-state index in [0.29, 0.717) is 24.0 Å². The highest BCUT2D eigenvalue weighted by atomic mass is 16.3. The second-order valence-electron chi connectivity index (χ2n) is 19.7. The second kappa shape index (κ2) is 42.9. The first-order chi connectivity index (χ1) is 27.4. The molecule has 2 N–H and O–H groups in total. The van der Waals surface area contributed by atoms with Gasteiger partial charge in [-0.3, -0.25) is 0 Å². The Labute approximate surface area is 365 Å². The van der Waals surface area contributed by atoms with Crippen LogP contribution in [0.1, 0.15) is 298 Å². The molecule has 0 spiro atoms.